The number of hydrogen-bond donors (Lipinski definition) is 2. The number of nitrogens with one attached hydrogen (secondary N) is 1. The first-order valence-corrected chi connectivity index (χ1v) is 7.97. The molecular formula is C11H17N3O4S. The first-order valence-electron chi connectivity index (χ1n) is 6.46. The van der Waals surface area contributed by atoms with Crippen LogP contribution >= 0.6 is 0 Å². The third-order valence-corrected chi connectivity index (χ3v) is 6.23. The standard InChI is InChI=1S/C11H17N3O4S/c15-11(16)13-6-8-5-12-14(10(8)7-13)19(17,18)9-3-1-2-4-9/h9,12H,1-7H2,(H,15,16). The zero-order chi connectivity index (χ0) is 13.6. The fourth-order valence-electron chi connectivity index (χ4n) is 3.01. The van der Waals surface area contributed by atoms with Crippen molar-refractivity contribution < 1.29 is 18.3 Å². The van der Waals surface area contributed by atoms with E-state index < -0.39 is 16.1 Å². The van der Waals surface area contributed by atoms with E-state index in [-0.39, 0.29) is 11.8 Å². The van der Waals surface area contributed by atoms with Crippen LogP contribution in [0.15, 0.2) is 11.3 Å². The molecule has 106 valence electrons. The maximum Gasteiger partial charge on any atom is 0.407 e. The number of carbonyl (C=O) groups is 1. The number of hydrazine groups is 1. The van der Waals surface area contributed by atoms with Gasteiger partial charge in [0, 0.05) is 13.1 Å². The van der Waals surface area contributed by atoms with Crippen LogP contribution in [-0.2, 0) is 10.0 Å². The second-order valence-corrected chi connectivity index (χ2v) is 7.30. The predicted octanol–water partition coefficient (Wildman–Crippen LogP) is 0.327. The van der Waals surface area contributed by atoms with Crippen LogP contribution < -0.4 is 5.43 Å². The van der Waals surface area contributed by atoms with Crippen LogP contribution in [0.5, 0.6) is 0 Å². The minimum Gasteiger partial charge on any atom is -0.465 e. The smallest absolute Gasteiger partial charge is 0.407 e. The molecule has 0 aromatic rings. The van der Waals surface area contributed by atoms with E-state index in [1.165, 1.54) is 9.31 Å². The van der Waals surface area contributed by atoms with Crippen LogP contribution in [0, 0.1) is 0 Å². The fourth-order valence-corrected chi connectivity index (χ4v) is 4.98. The van der Waals surface area contributed by atoms with E-state index in [2.05, 4.69) is 5.43 Å². The number of rotatable bonds is 2. The molecule has 0 saturated heterocycles. The third-order valence-electron chi connectivity index (χ3n) is 4.06. The van der Waals surface area contributed by atoms with Crippen molar-refractivity contribution in [3.05, 3.63) is 11.3 Å². The van der Waals surface area contributed by atoms with E-state index in [1.807, 2.05) is 0 Å². The molecule has 0 aromatic heterocycles. The molecule has 8 heteroatoms. The third kappa shape index (κ3) is 1.99. The first-order chi connectivity index (χ1) is 9.00. The number of sulfonamides is 1. The summed E-state index contributed by atoms with van der Waals surface area (Å²) >= 11 is 0. The van der Waals surface area contributed by atoms with Gasteiger partial charge in [-0.1, -0.05) is 12.8 Å². The Morgan fingerprint density at radius 3 is 2.58 bits per heavy atom. The topological polar surface area (TPSA) is 90.0 Å². The van der Waals surface area contributed by atoms with Gasteiger partial charge in [0.25, 0.3) is 10.0 Å². The van der Waals surface area contributed by atoms with Crippen molar-refractivity contribution >= 4 is 16.1 Å². The summed E-state index contributed by atoms with van der Waals surface area (Å²) in [6.07, 6.45) is 2.29. The van der Waals surface area contributed by atoms with Crippen molar-refractivity contribution in [2.75, 3.05) is 19.6 Å². The summed E-state index contributed by atoms with van der Waals surface area (Å²) in [5.41, 5.74) is 4.36. The molecule has 1 aliphatic carbocycles. The summed E-state index contributed by atoms with van der Waals surface area (Å²) in [7, 11) is -3.40. The van der Waals surface area contributed by atoms with Crippen molar-refractivity contribution in [2.24, 2.45) is 0 Å². The van der Waals surface area contributed by atoms with Crippen LogP contribution in [0.4, 0.5) is 4.79 Å². The zero-order valence-corrected chi connectivity index (χ0v) is 11.3. The van der Waals surface area contributed by atoms with E-state index in [9.17, 15) is 13.2 Å². The average Bonchev–Trinajstić information content (AvgIpc) is 3.05. The molecular weight excluding hydrogens is 270 g/mol. The Balaban J connectivity index is 1.82. The van der Waals surface area contributed by atoms with Crippen molar-refractivity contribution in [3.63, 3.8) is 0 Å². The van der Waals surface area contributed by atoms with Gasteiger partial charge >= 0.3 is 6.09 Å². The molecule has 1 saturated carbocycles. The van der Waals surface area contributed by atoms with Gasteiger partial charge in [0.2, 0.25) is 0 Å². The molecule has 0 bridgehead atoms. The molecule has 0 unspecified atom stereocenters. The molecule has 0 atom stereocenters. The maximum atomic E-state index is 12.5. The largest absolute Gasteiger partial charge is 0.465 e. The van der Waals surface area contributed by atoms with Crippen LogP contribution in [0.3, 0.4) is 0 Å². The second kappa shape index (κ2) is 4.38. The zero-order valence-electron chi connectivity index (χ0n) is 10.5. The minimum absolute atomic E-state index is 0.156. The first kappa shape index (κ1) is 12.7. The summed E-state index contributed by atoms with van der Waals surface area (Å²) in [5, 5.41) is 8.65. The highest BCUT2D eigenvalue weighted by Crippen LogP contribution is 2.32. The van der Waals surface area contributed by atoms with Crippen molar-refractivity contribution in [1.82, 2.24) is 14.7 Å². The molecule has 3 rings (SSSR count). The van der Waals surface area contributed by atoms with E-state index in [4.69, 9.17) is 5.11 Å². The normalized spacial score (nSPS) is 24.4. The van der Waals surface area contributed by atoms with Gasteiger partial charge in [0.05, 0.1) is 17.5 Å². The Labute approximate surface area is 111 Å². The van der Waals surface area contributed by atoms with Gasteiger partial charge < -0.3 is 5.11 Å². The molecule has 19 heavy (non-hydrogen) atoms. The second-order valence-electron chi connectivity index (χ2n) is 5.24. The Kier molecular flexibility index (Phi) is 2.94. The summed E-state index contributed by atoms with van der Waals surface area (Å²) in [4.78, 5) is 12.2. The van der Waals surface area contributed by atoms with E-state index in [0.29, 0.717) is 31.6 Å². The molecule has 1 amide bonds. The lowest BCUT2D eigenvalue weighted by atomic mass is 10.3. The summed E-state index contributed by atoms with van der Waals surface area (Å²) in [5.74, 6) is 0. The number of nitrogens with zero attached hydrogens (tertiary/aromatic N) is 2. The highest BCUT2D eigenvalue weighted by molar-refractivity contribution is 7.89. The van der Waals surface area contributed by atoms with Gasteiger partial charge in [-0.05, 0) is 18.4 Å². The highest BCUT2D eigenvalue weighted by Gasteiger charge is 2.42. The molecule has 0 spiro atoms. The van der Waals surface area contributed by atoms with Gasteiger partial charge in [-0.25, -0.2) is 23.1 Å². The Bertz CT molecular complexity index is 536. The SMILES string of the molecule is O=C(O)N1CC2=C(C1)N(S(=O)(=O)C1CCCC1)NC2. The molecule has 2 N–H and O–H groups in total. The van der Waals surface area contributed by atoms with Crippen molar-refractivity contribution in [2.45, 2.75) is 30.9 Å². The van der Waals surface area contributed by atoms with Gasteiger partial charge in [0.1, 0.15) is 0 Å². The lowest BCUT2D eigenvalue weighted by Gasteiger charge is -2.26. The molecule has 2 heterocycles. The molecule has 0 radical (unpaired) electrons. The summed E-state index contributed by atoms with van der Waals surface area (Å²) < 4.78 is 26.3. The number of carboxylic acid groups (broad SMARTS) is 1. The number of hydrogen-bond acceptors (Lipinski definition) is 4. The molecule has 0 aromatic carbocycles. The minimum atomic E-state index is -3.40. The van der Waals surface area contributed by atoms with E-state index in [0.717, 1.165) is 18.4 Å². The predicted molar refractivity (Wildman–Crippen MR) is 67.6 cm³/mol. The lowest BCUT2D eigenvalue weighted by Crippen LogP contribution is -2.45. The maximum absolute atomic E-state index is 12.5. The van der Waals surface area contributed by atoms with Gasteiger partial charge in [-0.2, -0.15) is 0 Å². The average molecular weight is 287 g/mol. The van der Waals surface area contributed by atoms with Crippen LogP contribution in [0.1, 0.15) is 25.7 Å². The monoisotopic (exact) mass is 287 g/mol. The van der Waals surface area contributed by atoms with E-state index in [1.54, 1.807) is 0 Å². The number of amides is 1. The highest BCUT2D eigenvalue weighted by atomic mass is 32.2. The Hall–Kier alpha value is -1.28. The Morgan fingerprint density at radius 2 is 1.95 bits per heavy atom. The van der Waals surface area contributed by atoms with Crippen LogP contribution in [0.25, 0.3) is 0 Å². The summed E-state index contributed by atoms with van der Waals surface area (Å²) in [6, 6.07) is 0. The van der Waals surface area contributed by atoms with Crippen LogP contribution in [0.2, 0.25) is 0 Å². The molecule has 2 aliphatic heterocycles. The molecule has 7 nitrogen and oxygen atoms in total. The molecule has 1 fully saturated rings. The van der Waals surface area contributed by atoms with Gasteiger partial charge in [-0.15, -0.1) is 0 Å². The van der Waals surface area contributed by atoms with E-state index >= 15 is 0 Å². The molecule has 3 aliphatic rings. The summed E-state index contributed by atoms with van der Waals surface area (Å²) in [6.45, 7) is 0.878. The van der Waals surface area contributed by atoms with Crippen molar-refractivity contribution in [1.29, 1.82) is 0 Å². The van der Waals surface area contributed by atoms with Crippen molar-refractivity contribution in [3.8, 4) is 0 Å². The van der Waals surface area contributed by atoms with Gasteiger partial charge in [-0.3, -0.25) is 4.90 Å². The quantitative estimate of drug-likeness (QED) is 0.763. The fraction of sp³-hybridized carbons (Fsp3) is 0.727. The Morgan fingerprint density at radius 1 is 1.26 bits per heavy atom. The lowest BCUT2D eigenvalue weighted by molar-refractivity contribution is 0.154. The van der Waals surface area contributed by atoms with Crippen LogP contribution in [-0.4, -0.2) is 53.8 Å². The van der Waals surface area contributed by atoms with Gasteiger partial charge in [0.15, 0.2) is 0 Å².